The molecule has 0 aliphatic carbocycles. The molecular formula is C15H20N2O4. The Kier molecular flexibility index (Phi) is 4.24. The van der Waals surface area contributed by atoms with E-state index < -0.39 is 0 Å². The summed E-state index contributed by atoms with van der Waals surface area (Å²) in [5, 5.41) is 2.95. The maximum Gasteiger partial charge on any atom is 0.287 e. The summed E-state index contributed by atoms with van der Waals surface area (Å²) in [5.41, 5.74) is 0. The summed E-state index contributed by atoms with van der Waals surface area (Å²) in [4.78, 5) is 26.0. The van der Waals surface area contributed by atoms with Gasteiger partial charge in [-0.2, -0.15) is 0 Å². The molecule has 0 spiro atoms. The highest BCUT2D eigenvalue weighted by Gasteiger charge is 2.31. The second kappa shape index (κ2) is 6.30. The number of hydrogen-bond donors (Lipinski definition) is 1. The predicted octanol–water partition coefficient (Wildman–Crippen LogP) is 1.18. The van der Waals surface area contributed by atoms with E-state index in [0.29, 0.717) is 25.5 Å². The fourth-order valence-electron chi connectivity index (χ4n) is 2.88. The Hall–Kier alpha value is -1.82. The van der Waals surface area contributed by atoms with E-state index in [1.807, 2.05) is 4.90 Å². The van der Waals surface area contributed by atoms with E-state index in [1.54, 1.807) is 12.1 Å². The van der Waals surface area contributed by atoms with Gasteiger partial charge in [-0.15, -0.1) is 0 Å². The molecule has 21 heavy (non-hydrogen) atoms. The number of likely N-dealkylation sites (tertiary alicyclic amines) is 1. The Morgan fingerprint density at radius 3 is 2.67 bits per heavy atom. The van der Waals surface area contributed by atoms with Crippen LogP contribution in [0.1, 0.15) is 36.2 Å². The van der Waals surface area contributed by atoms with Crippen LogP contribution in [-0.4, -0.2) is 48.6 Å². The van der Waals surface area contributed by atoms with Gasteiger partial charge in [-0.1, -0.05) is 0 Å². The molecule has 1 aromatic rings. The minimum absolute atomic E-state index is 0.0937. The van der Waals surface area contributed by atoms with Gasteiger partial charge in [-0.3, -0.25) is 9.59 Å². The quantitative estimate of drug-likeness (QED) is 0.908. The fraction of sp³-hybridized carbons (Fsp3) is 0.600. The van der Waals surface area contributed by atoms with Gasteiger partial charge in [0.1, 0.15) is 6.10 Å². The van der Waals surface area contributed by atoms with Crippen LogP contribution in [0.4, 0.5) is 0 Å². The molecule has 1 aromatic heterocycles. The minimum atomic E-state index is -0.251. The molecule has 0 bridgehead atoms. The minimum Gasteiger partial charge on any atom is -0.459 e. The third-order valence-electron chi connectivity index (χ3n) is 4.09. The first-order valence-corrected chi connectivity index (χ1v) is 7.49. The van der Waals surface area contributed by atoms with Crippen molar-refractivity contribution in [1.82, 2.24) is 10.2 Å². The Morgan fingerprint density at radius 2 is 2.05 bits per heavy atom. The van der Waals surface area contributed by atoms with Crippen LogP contribution in [0.2, 0.25) is 0 Å². The van der Waals surface area contributed by atoms with Gasteiger partial charge in [0.25, 0.3) is 11.8 Å². The molecule has 1 N–H and O–H groups in total. The first-order chi connectivity index (χ1) is 10.2. The van der Waals surface area contributed by atoms with Crippen LogP contribution in [0.15, 0.2) is 22.8 Å². The molecule has 2 aliphatic rings. The lowest BCUT2D eigenvalue weighted by atomic mass is 10.0. The van der Waals surface area contributed by atoms with Crippen molar-refractivity contribution in [3.8, 4) is 0 Å². The van der Waals surface area contributed by atoms with Gasteiger partial charge in [-0.05, 0) is 37.8 Å². The van der Waals surface area contributed by atoms with Crippen LogP contribution in [0.25, 0.3) is 0 Å². The maximum atomic E-state index is 12.2. The largest absolute Gasteiger partial charge is 0.459 e. The van der Waals surface area contributed by atoms with E-state index in [1.165, 1.54) is 6.26 Å². The SMILES string of the molecule is O=C(NC1CCN(C(=O)C2CCCO2)CC1)c1ccco1. The molecule has 1 atom stereocenters. The van der Waals surface area contributed by atoms with Gasteiger partial charge >= 0.3 is 0 Å². The summed E-state index contributed by atoms with van der Waals surface area (Å²) in [6.07, 6.45) is 4.56. The van der Waals surface area contributed by atoms with Crippen LogP contribution in [-0.2, 0) is 9.53 Å². The van der Waals surface area contributed by atoms with Gasteiger partial charge in [0.2, 0.25) is 0 Å². The number of rotatable bonds is 3. The van der Waals surface area contributed by atoms with Gasteiger partial charge in [-0.25, -0.2) is 0 Å². The molecule has 2 amide bonds. The summed E-state index contributed by atoms with van der Waals surface area (Å²) in [7, 11) is 0. The number of carbonyl (C=O) groups is 2. The second-order valence-electron chi connectivity index (χ2n) is 5.55. The normalized spacial score (nSPS) is 23.2. The first kappa shape index (κ1) is 14.1. The number of carbonyl (C=O) groups excluding carboxylic acids is 2. The van der Waals surface area contributed by atoms with Gasteiger partial charge < -0.3 is 19.4 Å². The molecule has 1 unspecified atom stereocenters. The Morgan fingerprint density at radius 1 is 1.24 bits per heavy atom. The van der Waals surface area contributed by atoms with E-state index in [-0.39, 0.29) is 24.0 Å². The highest BCUT2D eigenvalue weighted by atomic mass is 16.5. The smallest absolute Gasteiger partial charge is 0.287 e. The van der Waals surface area contributed by atoms with Crippen molar-refractivity contribution in [2.75, 3.05) is 19.7 Å². The van der Waals surface area contributed by atoms with E-state index >= 15 is 0 Å². The molecule has 3 heterocycles. The van der Waals surface area contributed by atoms with Gasteiger partial charge in [0.05, 0.1) is 6.26 Å². The summed E-state index contributed by atoms with van der Waals surface area (Å²) in [5.74, 6) is 0.236. The Balaban J connectivity index is 1.46. The lowest BCUT2D eigenvalue weighted by Crippen LogP contribution is -2.49. The molecule has 6 nitrogen and oxygen atoms in total. The van der Waals surface area contributed by atoms with Gasteiger partial charge in [0, 0.05) is 25.7 Å². The average molecular weight is 292 g/mol. The van der Waals surface area contributed by atoms with E-state index in [0.717, 1.165) is 25.7 Å². The molecule has 0 saturated carbocycles. The number of nitrogens with one attached hydrogen (secondary N) is 1. The van der Waals surface area contributed by atoms with Gasteiger partial charge in [0.15, 0.2) is 5.76 Å². The molecule has 114 valence electrons. The number of amides is 2. The third-order valence-corrected chi connectivity index (χ3v) is 4.09. The zero-order valence-corrected chi connectivity index (χ0v) is 11.9. The van der Waals surface area contributed by atoms with Crippen molar-refractivity contribution in [3.63, 3.8) is 0 Å². The van der Waals surface area contributed by atoms with Crippen molar-refractivity contribution >= 4 is 11.8 Å². The number of furan rings is 1. The number of piperidine rings is 1. The molecule has 3 rings (SSSR count). The fourth-order valence-corrected chi connectivity index (χ4v) is 2.88. The molecule has 0 radical (unpaired) electrons. The third kappa shape index (κ3) is 3.26. The zero-order valence-electron chi connectivity index (χ0n) is 11.9. The summed E-state index contributed by atoms with van der Waals surface area (Å²) >= 11 is 0. The molecular weight excluding hydrogens is 272 g/mol. The molecule has 2 saturated heterocycles. The van der Waals surface area contributed by atoms with Crippen molar-refractivity contribution in [2.24, 2.45) is 0 Å². The maximum absolute atomic E-state index is 12.2. The lowest BCUT2D eigenvalue weighted by molar-refractivity contribution is -0.142. The topological polar surface area (TPSA) is 71.8 Å². The van der Waals surface area contributed by atoms with Crippen LogP contribution in [0.3, 0.4) is 0 Å². The summed E-state index contributed by atoms with van der Waals surface area (Å²) in [6.45, 7) is 2.02. The van der Waals surface area contributed by atoms with Crippen LogP contribution in [0, 0.1) is 0 Å². The molecule has 0 aromatic carbocycles. The number of hydrogen-bond acceptors (Lipinski definition) is 4. The second-order valence-corrected chi connectivity index (χ2v) is 5.55. The average Bonchev–Trinajstić information content (AvgIpc) is 3.20. The van der Waals surface area contributed by atoms with E-state index in [2.05, 4.69) is 5.32 Å². The van der Waals surface area contributed by atoms with Crippen molar-refractivity contribution in [1.29, 1.82) is 0 Å². The van der Waals surface area contributed by atoms with E-state index in [4.69, 9.17) is 9.15 Å². The number of ether oxygens (including phenoxy) is 1. The van der Waals surface area contributed by atoms with E-state index in [9.17, 15) is 9.59 Å². The number of nitrogens with zero attached hydrogens (tertiary/aromatic N) is 1. The van der Waals surface area contributed by atoms with Crippen LogP contribution >= 0.6 is 0 Å². The van der Waals surface area contributed by atoms with Crippen LogP contribution < -0.4 is 5.32 Å². The molecule has 2 aliphatic heterocycles. The zero-order chi connectivity index (χ0) is 14.7. The van der Waals surface area contributed by atoms with Crippen molar-refractivity contribution in [3.05, 3.63) is 24.2 Å². The highest BCUT2D eigenvalue weighted by molar-refractivity contribution is 5.91. The predicted molar refractivity (Wildman–Crippen MR) is 74.8 cm³/mol. The Labute approximate surface area is 123 Å². The Bertz CT molecular complexity index is 486. The summed E-state index contributed by atoms with van der Waals surface area (Å²) < 4.78 is 10.5. The first-order valence-electron chi connectivity index (χ1n) is 7.49. The molecule has 6 heteroatoms. The lowest BCUT2D eigenvalue weighted by Gasteiger charge is -2.33. The van der Waals surface area contributed by atoms with Crippen molar-refractivity contribution < 1.29 is 18.7 Å². The molecule has 2 fully saturated rings. The van der Waals surface area contributed by atoms with Crippen LogP contribution in [0.5, 0.6) is 0 Å². The highest BCUT2D eigenvalue weighted by Crippen LogP contribution is 2.18. The monoisotopic (exact) mass is 292 g/mol. The standard InChI is InChI=1S/C15H20N2O4/c18-14(12-3-1-9-20-12)16-11-5-7-17(8-6-11)15(19)13-4-2-10-21-13/h1,3,9,11,13H,2,4-8,10H2,(H,16,18). The van der Waals surface area contributed by atoms with Crippen molar-refractivity contribution in [2.45, 2.75) is 37.8 Å². The summed E-state index contributed by atoms with van der Waals surface area (Å²) in [6, 6.07) is 3.43.